The van der Waals surface area contributed by atoms with Crippen molar-refractivity contribution in [1.29, 1.82) is 0 Å². The van der Waals surface area contributed by atoms with Crippen molar-refractivity contribution in [2.45, 2.75) is 31.7 Å². The molecule has 26 heavy (non-hydrogen) atoms. The Bertz CT molecular complexity index is 818. The van der Waals surface area contributed by atoms with Crippen LogP contribution in [0.3, 0.4) is 0 Å². The minimum atomic E-state index is -0.154. The van der Waals surface area contributed by atoms with Crippen molar-refractivity contribution in [1.82, 2.24) is 5.32 Å². The van der Waals surface area contributed by atoms with Gasteiger partial charge in [-0.2, -0.15) is 0 Å². The first kappa shape index (κ1) is 16.8. The molecule has 5 heteroatoms. The summed E-state index contributed by atoms with van der Waals surface area (Å²) in [6.45, 7) is 1.18. The fourth-order valence-electron chi connectivity index (χ4n) is 3.68. The molecule has 4 rings (SSSR count). The maximum Gasteiger partial charge on any atom is 0.255 e. The fraction of sp³-hybridized carbons (Fsp3) is 0.381. The molecule has 1 aliphatic heterocycles. The summed E-state index contributed by atoms with van der Waals surface area (Å²) in [6, 6.07) is 11.8. The van der Waals surface area contributed by atoms with Crippen molar-refractivity contribution in [3.63, 3.8) is 0 Å². The lowest BCUT2D eigenvalue weighted by Crippen LogP contribution is -2.31. The molecule has 0 saturated carbocycles. The van der Waals surface area contributed by atoms with Crippen LogP contribution in [0.4, 0.5) is 0 Å². The van der Waals surface area contributed by atoms with Gasteiger partial charge >= 0.3 is 0 Å². The van der Waals surface area contributed by atoms with Gasteiger partial charge in [0.25, 0.3) is 5.91 Å². The summed E-state index contributed by atoms with van der Waals surface area (Å²) in [5.41, 5.74) is 3.00. The average Bonchev–Trinajstić information content (AvgIpc) is 2.92. The molecule has 0 aromatic heterocycles. The molecule has 2 aromatic carbocycles. The molecular weight excluding hydrogens is 330 g/mol. The summed E-state index contributed by atoms with van der Waals surface area (Å²) < 4.78 is 16.8. The number of benzene rings is 2. The van der Waals surface area contributed by atoms with E-state index in [0.29, 0.717) is 36.0 Å². The van der Waals surface area contributed by atoms with Gasteiger partial charge in [-0.1, -0.05) is 24.3 Å². The van der Waals surface area contributed by atoms with E-state index >= 15 is 0 Å². The first-order valence-corrected chi connectivity index (χ1v) is 9.12. The molecule has 0 bridgehead atoms. The summed E-state index contributed by atoms with van der Waals surface area (Å²) in [5.74, 6) is 1.56. The number of ether oxygens (including phenoxy) is 3. The van der Waals surface area contributed by atoms with Crippen molar-refractivity contribution in [3.05, 3.63) is 53.1 Å². The number of carbonyl (C=O) groups is 1. The second-order valence-electron chi connectivity index (χ2n) is 6.67. The Hall–Kier alpha value is -2.69. The smallest absolute Gasteiger partial charge is 0.255 e. The number of hydrogen-bond donors (Lipinski definition) is 1. The lowest BCUT2D eigenvalue weighted by Gasteiger charge is -2.26. The topological polar surface area (TPSA) is 56.8 Å². The van der Waals surface area contributed by atoms with Crippen LogP contribution in [0.15, 0.2) is 36.4 Å². The number of fused-ring (bicyclic) bond motifs is 2. The Morgan fingerprint density at radius 3 is 2.69 bits per heavy atom. The highest BCUT2D eigenvalue weighted by Gasteiger charge is 2.25. The molecule has 0 spiro atoms. The standard InChI is InChI=1S/C21H23NO4/c1-24-18-13-20-19(25-10-5-11-26-20)12-16(18)21(23)22-17-9-4-7-14-6-2-3-8-15(14)17/h2-3,6,8,12-13,17H,4-5,7,9-11H2,1H3,(H,22,23)/t17-/m1/s1. The van der Waals surface area contributed by atoms with Gasteiger partial charge in [0.1, 0.15) is 5.75 Å². The fourth-order valence-corrected chi connectivity index (χ4v) is 3.68. The van der Waals surface area contributed by atoms with Gasteiger partial charge in [0.15, 0.2) is 11.5 Å². The normalized spacial score (nSPS) is 18.4. The number of amides is 1. The van der Waals surface area contributed by atoms with Gasteiger partial charge < -0.3 is 19.5 Å². The van der Waals surface area contributed by atoms with Gasteiger partial charge in [0.2, 0.25) is 0 Å². The summed E-state index contributed by atoms with van der Waals surface area (Å²) in [5, 5.41) is 3.17. The van der Waals surface area contributed by atoms with Crippen LogP contribution in [-0.4, -0.2) is 26.2 Å². The molecule has 1 atom stereocenters. The average molecular weight is 353 g/mol. The molecule has 2 aromatic rings. The third-order valence-corrected chi connectivity index (χ3v) is 4.99. The van der Waals surface area contributed by atoms with E-state index in [1.54, 1.807) is 19.2 Å². The zero-order chi connectivity index (χ0) is 17.9. The summed E-state index contributed by atoms with van der Waals surface area (Å²) in [4.78, 5) is 13.0. The molecule has 0 unspecified atom stereocenters. The van der Waals surface area contributed by atoms with Gasteiger partial charge in [-0.05, 0) is 30.4 Å². The Labute approximate surface area is 153 Å². The van der Waals surface area contributed by atoms with Gasteiger partial charge in [-0.15, -0.1) is 0 Å². The second-order valence-corrected chi connectivity index (χ2v) is 6.67. The molecule has 1 amide bonds. The summed E-state index contributed by atoms with van der Waals surface area (Å²) >= 11 is 0. The van der Waals surface area contributed by atoms with Crippen LogP contribution in [0, 0.1) is 0 Å². The highest BCUT2D eigenvalue weighted by Crippen LogP contribution is 2.37. The van der Waals surface area contributed by atoms with Crippen LogP contribution in [0.1, 0.15) is 46.8 Å². The highest BCUT2D eigenvalue weighted by atomic mass is 16.5. The summed E-state index contributed by atoms with van der Waals surface area (Å²) in [6.07, 6.45) is 3.89. The van der Waals surface area contributed by atoms with Crippen molar-refractivity contribution >= 4 is 5.91 Å². The van der Waals surface area contributed by atoms with E-state index in [2.05, 4.69) is 23.5 Å². The first-order valence-electron chi connectivity index (χ1n) is 9.12. The minimum Gasteiger partial charge on any atom is -0.496 e. The predicted molar refractivity (Wildman–Crippen MR) is 98.2 cm³/mol. The first-order chi connectivity index (χ1) is 12.8. The van der Waals surface area contributed by atoms with Crippen molar-refractivity contribution in [3.8, 4) is 17.2 Å². The van der Waals surface area contributed by atoms with Crippen LogP contribution in [0.25, 0.3) is 0 Å². The monoisotopic (exact) mass is 353 g/mol. The summed E-state index contributed by atoms with van der Waals surface area (Å²) in [7, 11) is 1.56. The van der Waals surface area contributed by atoms with Crippen molar-refractivity contribution in [2.75, 3.05) is 20.3 Å². The molecule has 136 valence electrons. The van der Waals surface area contributed by atoms with Crippen LogP contribution in [-0.2, 0) is 6.42 Å². The minimum absolute atomic E-state index is 0.0214. The van der Waals surface area contributed by atoms with E-state index < -0.39 is 0 Å². The zero-order valence-corrected chi connectivity index (χ0v) is 14.9. The number of rotatable bonds is 3. The van der Waals surface area contributed by atoms with E-state index in [9.17, 15) is 4.79 Å². The van der Waals surface area contributed by atoms with Gasteiger partial charge in [0.05, 0.1) is 31.9 Å². The number of aryl methyl sites for hydroxylation is 1. The van der Waals surface area contributed by atoms with Crippen LogP contribution in [0.5, 0.6) is 17.2 Å². The van der Waals surface area contributed by atoms with Gasteiger partial charge in [0, 0.05) is 18.6 Å². The number of nitrogens with one attached hydrogen (secondary N) is 1. The van der Waals surface area contributed by atoms with Gasteiger partial charge in [-0.3, -0.25) is 4.79 Å². The number of hydrogen-bond acceptors (Lipinski definition) is 4. The molecule has 2 aliphatic rings. The number of carbonyl (C=O) groups excluding carboxylic acids is 1. The zero-order valence-electron chi connectivity index (χ0n) is 14.9. The molecule has 1 aliphatic carbocycles. The quantitative estimate of drug-likeness (QED) is 0.915. The molecule has 0 radical (unpaired) electrons. The molecule has 0 saturated heterocycles. The Morgan fingerprint density at radius 1 is 1.12 bits per heavy atom. The second kappa shape index (κ2) is 7.28. The van der Waals surface area contributed by atoms with E-state index in [-0.39, 0.29) is 11.9 Å². The SMILES string of the molecule is COc1cc2c(cc1C(=O)N[C@@H]1CCCc3ccccc31)OCCCO2. The lowest BCUT2D eigenvalue weighted by molar-refractivity contribution is 0.0929. The van der Waals surface area contributed by atoms with Gasteiger partial charge in [-0.25, -0.2) is 0 Å². The van der Waals surface area contributed by atoms with Crippen LogP contribution in [0.2, 0.25) is 0 Å². The van der Waals surface area contributed by atoms with E-state index in [1.807, 2.05) is 6.07 Å². The predicted octanol–water partition coefficient (Wildman–Crippen LogP) is 3.66. The van der Waals surface area contributed by atoms with Crippen molar-refractivity contribution in [2.24, 2.45) is 0 Å². The number of methoxy groups -OCH3 is 1. The van der Waals surface area contributed by atoms with E-state index in [4.69, 9.17) is 14.2 Å². The maximum atomic E-state index is 13.0. The third kappa shape index (κ3) is 3.21. The van der Waals surface area contributed by atoms with E-state index in [0.717, 1.165) is 25.7 Å². The molecular formula is C21H23NO4. The Kier molecular flexibility index (Phi) is 4.69. The lowest BCUT2D eigenvalue weighted by atomic mass is 9.87. The highest BCUT2D eigenvalue weighted by molar-refractivity contribution is 5.98. The molecule has 5 nitrogen and oxygen atoms in total. The molecule has 1 N–H and O–H groups in total. The van der Waals surface area contributed by atoms with Crippen molar-refractivity contribution < 1.29 is 19.0 Å². The molecule has 0 fully saturated rings. The maximum absolute atomic E-state index is 13.0. The Morgan fingerprint density at radius 2 is 1.88 bits per heavy atom. The largest absolute Gasteiger partial charge is 0.496 e. The van der Waals surface area contributed by atoms with E-state index in [1.165, 1.54) is 11.1 Å². The van der Waals surface area contributed by atoms with Crippen LogP contribution < -0.4 is 19.5 Å². The third-order valence-electron chi connectivity index (χ3n) is 4.99. The molecule has 1 heterocycles. The Balaban J connectivity index is 1.62. The van der Waals surface area contributed by atoms with Crippen LogP contribution >= 0.6 is 0 Å².